The molecule has 0 bridgehead atoms. The van der Waals surface area contributed by atoms with Crippen LogP contribution in [0.4, 0.5) is 13.2 Å². The number of rotatable bonds is 6. The molecule has 0 aliphatic carbocycles. The molecule has 0 saturated heterocycles. The van der Waals surface area contributed by atoms with Crippen molar-refractivity contribution in [2.75, 3.05) is 13.7 Å². The third kappa shape index (κ3) is 5.57. The smallest absolute Gasteiger partial charge is 0.377 e. The zero-order valence-electron chi connectivity index (χ0n) is 11.3. The van der Waals surface area contributed by atoms with Gasteiger partial charge in [-0.1, -0.05) is 0 Å². The molecule has 0 saturated carbocycles. The van der Waals surface area contributed by atoms with Gasteiger partial charge in [-0.05, 0) is 38.0 Å². The number of nitrogens with zero attached hydrogens (tertiary/aromatic N) is 1. The van der Waals surface area contributed by atoms with Gasteiger partial charge >= 0.3 is 6.18 Å². The topological polar surface area (TPSA) is 34.1 Å². The molecule has 1 rings (SSSR count). The van der Waals surface area contributed by atoms with Gasteiger partial charge in [-0.25, -0.2) is 0 Å². The van der Waals surface area contributed by atoms with E-state index >= 15 is 0 Å². The van der Waals surface area contributed by atoms with Gasteiger partial charge in [-0.2, -0.15) is 13.2 Å². The third-order valence-electron chi connectivity index (χ3n) is 2.91. The number of ether oxygens (including phenoxy) is 1. The molecule has 0 aliphatic rings. The second kappa shape index (κ2) is 6.34. The predicted octanol–water partition coefficient (Wildman–Crippen LogP) is 2.57. The van der Waals surface area contributed by atoms with E-state index in [0.717, 1.165) is 0 Å². The monoisotopic (exact) mass is 276 g/mol. The minimum absolute atomic E-state index is 0.119. The molecule has 1 aromatic heterocycles. The van der Waals surface area contributed by atoms with E-state index in [-0.39, 0.29) is 13.0 Å². The lowest BCUT2D eigenvalue weighted by Gasteiger charge is -2.28. The molecule has 0 aromatic carbocycles. The largest absolute Gasteiger partial charge is 0.404 e. The minimum atomic E-state index is -4.30. The van der Waals surface area contributed by atoms with E-state index < -0.39 is 17.8 Å². The number of nitrogens with one attached hydrogen (secondary N) is 1. The van der Waals surface area contributed by atoms with Crippen molar-refractivity contribution in [1.82, 2.24) is 10.3 Å². The highest BCUT2D eigenvalue weighted by Gasteiger charge is 2.40. The van der Waals surface area contributed by atoms with Crippen LogP contribution in [-0.2, 0) is 11.2 Å². The van der Waals surface area contributed by atoms with Crippen LogP contribution in [0.15, 0.2) is 24.5 Å². The first-order valence-electron chi connectivity index (χ1n) is 5.99. The molecule has 1 N–H and O–H groups in total. The summed E-state index contributed by atoms with van der Waals surface area (Å²) in [5, 5.41) is 2.53. The molecule has 1 heterocycles. The second-order valence-electron chi connectivity index (χ2n) is 5.00. The van der Waals surface area contributed by atoms with Gasteiger partial charge in [0.25, 0.3) is 0 Å². The highest BCUT2D eigenvalue weighted by atomic mass is 19.4. The van der Waals surface area contributed by atoms with E-state index in [1.54, 1.807) is 26.0 Å². The summed E-state index contributed by atoms with van der Waals surface area (Å²) in [6.45, 7) is 3.60. The molecule has 0 spiro atoms. The lowest BCUT2D eigenvalue weighted by atomic mass is 10.0. The first-order valence-corrected chi connectivity index (χ1v) is 5.99. The van der Waals surface area contributed by atoms with Crippen molar-refractivity contribution in [1.29, 1.82) is 0 Å². The van der Waals surface area contributed by atoms with E-state index in [0.29, 0.717) is 5.56 Å². The maximum Gasteiger partial charge on any atom is 0.404 e. The van der Waals surface area contributed by atoms with Crippen molar-refractivity contribution >= 4 is 0 Å². The average molecular weight is 276 g/mol. The Hall–Kier alpha value is -1.14. The van der Waals surface area contributed by atoms with Crippen molar-refractivity contribution in [3.8, 4) is 0 Å². The van der Waals surface area contributed by atoms with Crippen LogP contribution in [0.1, 0.15) is 19.4 Å². The van der Waals surface area contributed by atoms with Crippen LogP contribution in [0.3, 0.4) is 0 Å². The highest BCUT2D eigenvalue weighted by molar-refractivity contribution is 5.12. The molecule has 0 amide bonds. The second-order valence-corrected chi connectivity index (χ2v) is 5.00. The number of hydrogen-bond donors (Lipinski definition) is 1. The molecule has 0 unspecified atom stereocenters. The van der Waals surface area contributed by atoms with Gasteiger partial charge in [0.05, 0.1) is 5.60 Å². The van der Waals surface area contributed by atoms with E-state index in [9.17, 15) is 13.2 Å². The van der Waals surface area contributed by atoms with Gasteiger partial charge in [-0.15, -0.1) is 0 Å². The first kappa shape index (κ1) is 15.9. The van der Waals surface area contributed by atoms with Crippen molar-refractivity contribution in [2.45, 2.75) is 38.1 Å². The average Bonchev–Trinajstić information content (AvgIpc) is 2.34. The van der Waals surface area contributed by atoms with Crippen molar-refractivity contribution in [3.05, 3.63) is 30.1 Å². The van der Waals surface area contributed by atoms with Crippen LogP contribution in [0.5, 0.6) is 0 Å². The Labute approximate surface area is 111 Å². The Bertz CT molecular complexity index is 379. The normalized spacial score (nSPS) is 14.4. The summed E-state index contributed by atoms with van der Waals surface area (Å²) in [5.74, 6) is 0. The van der Waals surface area contributed by atoms with E-state index in [4.69, 9.17) is 4.74 Å². The summed E-state index contributed by atoms with van der Waals surface area (Å²) in [4.78, 5) is 3.79. The Morgan fingerprint density at radius 3 is 2.32 bits per heavy atom. The van der Waals surface area contributed by atoms with Gasteiger partial charge in [0.2, 0.25) is 0 Å². The predicted molar refractivity (Wildman–Crippen MR) is 66.9 cm³/mol. The van der Waals surface area contributed by atoms with E-state index in [1.807, 2.05) is 0 Å². The molecule has 108 valence electrons. The Balaban J connectivity index is 2.69. The van der Waals surface area contributed by atoms with Gasteiger partial charge in [0.1, 0.15) is 6.04 Å². The molecule has 1 atom stereocenters. The molecule has 0 aliphatic heterocycles. The van der Waals surface area contributed by atoms with Crippen molar-refractivity contribution in [2.24, 2.45) is 0 Å². The van der Waals surface area contributed by atoms with E-state index in [2.05, 4.69) is 10.3 Å². The first-order chi connectivity index (χ1) is 8.74. The van der Waals surface area contributed by atoms with Crippen LogP contribution in [-0.4, -0.2) is 36.5 Å². The maximum absolute atomic E-state index is 13.0. The number of hydrogen-bond acceptors (Lipinski definition) is 3. The summed E-state index contributed by atoms with van der Waals surface area (Å²) >= 11 is 0. The maximum atomic E-state index is 13.0. The Morgan fingerprint density at radius 2 is 1.84 bits per heavy atom. The van der Waals surface area contributed by atoms with E-state index in [1.165, 1.54) is 19.5 Å². The van der Waals surface area contributed by atoms with Crippen LogP contribution < -0.4 is 5.32 Å². The van der Waals surface area contributed by atoms with Crippen LogP contribution in [0, 0.1) is 0 Å². The Kier molecular flexibility index (Phi) is 5.31. The molecule has 19 heavy (non-hydrogen) atoms. The number of halogens is 3. The summed E-state index contributed by atoms with van der Waals surface area (Å²) in [6.07, 6.45) is -1.44. The number of alkyl halides is 3. The van der Waals surface area contributed by atoms with Gasteiger partial charge in [-0.3, -0.25) is 4.98 Å². The molecular formula is C13H19F3N2O. The Morgan fingerprint density at radius 1 is 1.26 bits per heavy atom. The number of aromatic nitrogens is 1. The van der Waals surface area contributed by atoms with Crippen LogP contribution in [0.25, 0.3) is 0 Å². The van der Waals surface area contributed by atoms with Gasteiger partial charge in [0.15, 0.2) is 0 Å². The molecule has 6 heteroatoms. The quantitative estimate of drug-likeness (QED) is 0.867. The fourth-order valence-electron chi connectivity index (χ4n) is 1.50. The van der Waals surface area contributed by atoms with Crippen molar-refractivity contribution in [3.63, 3.8) is 0 Å². The lowest BCUT2D eigenvalue weighted by molar-refractivity contribution is -0.157. The standard InChI is InChI=1S/C13H19F3N2O/c1-12(2,19-3)9-18-11(13(14,15)16)8-10-4-6-17-7-5-10/h4-7,11,18H,8-9H2,1-3H3/t11-/m0/s1. The fourth-order valence-corrected chi connectivity index (χ4v) is 1.50. The molecular weight excluding hydrogens is 257 g/mol. The zero-order valence-corrected chi connectivity index (χ0v) is 11.3. The molecule has 1 aromatic rings. The van der Waals surface area contributed by atoms with Gasteiger partial charge in [0, 0.05) is 26.0 Å². The number of methoxy groups -OCH3 is 1. The summed E-state index contributed by atoms with van der Waals surface area (Å²) < 4.78 is 44.0. The highest BCUT2D eigenvalue weighted by Crippen LogP contribution is 2.23. The summed E-state index contributed by atoms with van der Waals surface area (Å²) in [7, 11) is 1.48. The third-order valence-corrected chi connectivity index (χ3v) is 2.91. The zero-order chi connectivity index (χ0) is 14.5. The lowest BCUT2D eigenvalue weighted by Crippen LogP contribution is -2.49. The molecule has 3 nitrogen and oxygen atoms in total. The summed E-state index contributed by atoms with van der Waals surface area (Å²) in [5.41, 5.74) is -0.0399. The molecule has 0 fully saturated rings. The number of pyridine rings is 1. The van der Waals surface area contributed by atoms with Gasteiger partial charge < -0.3 is 10.1 Å². The van der Waals surface area contributed by atoms with Crippen molar-refractivity contribution < 1.29 is 17.9 Å². The summed E-state index contributed by atoms with van der Waals surface area (Å²) in [6, 6.07) is 1.58. The SMILES string of the molecule is COC(C)(C)CN[C@@H](Cc1ccncc1)C(F)(F)F. The fraction of sp³-hybridized carbons (Fsp3) is 0.615. The van der Waals surface area contributed by atoms with Crippen LogP contribution >= 0.6 is 0 Å². The van der Waals surface area contributed by atoms with Crippen LogP contribution in [0.2, 0.25) is 0 Å². The molecule has 0 radical (unpaired) electrons. The minimum Gasteiger partial charge on any atom is -0.377 e.